The number of hydrogen-bond acceptors (Lipinski definition) is 4. The molecule has 0 saturated carbocycles. The van der Waals surface area contributed by atoms with Gasteiger partial charge in [0.1, 0.15) is 25.9 Å². The topological polar surface area (TPSA) is 36.9 Å². The van der Waals surface area contributed by atoms with Gasteiger partial charge in [0.05, 0.1) is 0 Å². The average molecular weight is 244 g/mol. The van der Waals surface area contributed by atoms with E-state index in [0.717, 1.165) is 0 Å². The van der Waals surface area contributed by atoms with Gasteiger partial charge in [0, 0.05) is 0 Å². The molecule has 0 aliphatic carbocycles. The first-order valence-corrected chi connectivity index (χ1v) is 5.11. The molecule has 0 unspecified atom stereocenters. The van der Waals surface area contributed by atoms with Crippen molar-refractivity contribution in [3.05, 3.63) is 0 Å². The predicted molar refractivity (Wildman–Crippen MR) is 51.4 cm³/mol. The van der Waals surface area contributed by atoms with Crippen molar-refractivity contribution >= 4 is 0 Å². The molecule has 0 aliphatic heterocycles. The van der Waals surface area contributed by atoms with Crippen molar-refractivity contribution in [2.45, 2.75) is 40.7 Å². The number of halogens is 1. The van der Waals surface area contributed by atoms with Crippen LogP contribution in [0.25, 0.3) is 0 Å². The van der Waals surface area contributed by atoms with Gasteiger partial charge in [-0.05, 0) is 34.6 Å². The molecule has 0 heterocycles. The van der Waals surface area contributed by atoms with Crippen molar-refractivity contribution in [1.82, 2.24) is 0 Å². The van der Waals surface area contributed by atoms with Gasteiger partial charge < -0.3 is 12.4 Å². The van der Waals surface area contributed by atoms with Gasteiger partial charge in [-0.25, -0.2) is 0 Å². The summed E-state index contributed by atoms with van der Waals surface area (Å²) in [5.74, 6) is 0. The molecule has 0 saturated heterocycles. The molecule has 0 atom stereocenters. The Hall–Kier alpha value is 0.0900. The second-order valence-corrected chi connectivity index (χ2v) is 2.85. The fourth-order valence-corrected chi connectivity index (χ4v) is 0.936. The molecular formula is C9H22ClNO4. The summed E-state index contributed by atoms with van der Waals surface area (Å²) < 4.78 is 0. The summed E-state index contributed by atoms with van der Waals surface area (Å²) in [5, 5.41) is -0.638. The lowest BCUT2D eigenvalue weighted by Crippen LogP contribution is -3.00. The molecule has 0 aromatic heterocycles. The highest BCUT2D eigenvalue weighted by molar-refractivity contribution is 4.25. The molecule has 0 aromatic carbocycles. The maximum atomic E-state index is 5.43. The van der Waals surface area contributed by atoms with Crippen LogP contribution >= 0.6 is 0 Å². The van der Waals surface area contributed by atoms with Crippen LogP contribution in [0.5, 0.6) is 0 Å². The van der Waals surface area contributed by atoms with Crippen LogP contribution in [0.1, 0.15) is 34.6 Å². The molecule has 0 spiro atoms. The van der Waals surface area contributed by atoms with Gasteiger partial charge in [0.15, 0.2) is 0 Å². The first-order chi connectivity index (χ1) is 6.60. The Bertz CT molecular complexity index is 129. The SMILES string of the molecule is CCO[N+](OCC)(OCC)OC(C)C.[Cl-]. The van der Waals surface area contributed by atoms with E-state index in [1.807, 2.05) is 34.6 Å². The minimum Gasteiger partial charge on any atom is -1.00 e. The number of hydrogen-bond donors (Lipinski definition) is 0. The van der Waals surface area contributed by atoms with E-state index in [4.69, 9.17) is 19.4 Å². The molecule has 0 rings (SSSR count). The van der Waals surface area contributed by atoms with Crippen molar-refractivity contribution in [1.29, 1.82) is 0 Å². The minimum atomic E-state index is -0.638. The van der Waals surface area contributed by atoms with E-state index >= 15 is 0 Å². The summed E-state index contributed by atoms with van der Waals surface area (Å²) >= 11 is 0. The van der Waals surface area contributed by atoms with E-state index in [9.17, 15) is 0 Å². The van der Waals surface area contributed by atoms with E-state index in [0.29, 0.717) is 19.8 Å². The maximum Gasteiger partial charge on any atom is 0.247 e. The molecule has 0 aliphatic rings. The molecule has 0 radical (unpaired) electrons. The molecular weight excluding hydrogens is 222 g/mol. The van der Waals surface area contributed by atoms with Crippen LogP contribution in [0, 0.1) is 0 Å². The highest BCUT2D eigenvalue weighted by Crippen LogP contribution is 2.15. The monoisotopic (exact) mass is 243 g/mol. The molecule has 6 heteroatoms. The normalized spacial score (nSPS) is 11.6. The lowest BCUT2D eigenvalue weighted by atomic mass is 10.5. The first-order valence-electron chi connectivity index (χ1n) is 5.11. The zero-order chi connectivity index (χ0) is 11.0. The maximum absolute atomic E-state index is 5.43. The van der Waals surface area contributed by atoms with Gasteiger partial charge >= 0.3 is 0 Å². The van der Waals surface area contributed by atoms with Gasteiger partial charge in [0.2, 0.25) is 5.14 Å². The smallest absolute Gasteiger partial charge is 0.247 e. The zero-order valence-corrected chi connectivity index (χ0v) is 10.9. The van der Waals surface area contributed by atoms with Gasteiger partial charge in [0.25, 0.3) is 0 Å². The van der Waals surface area contributed by atoms with Crippen LogP contribution in [-0.4, -0.2) is 31.1 Å². The van der Waals surface area contributed by atoms with Gasteiger partial charge in [-0.1, -0.05) is 19.4 Å². The fraction of sp³-hybridized carbons (Fsp3) is 1.00. The summed E-state index contributed by atoms with van der Waals surface area (Å²) in [6.45, 7) is 10.7. The van der Waals surface area contributed by atoms with Gasteiger partial charge in [-0.3, -0.25) is 0 Å². The molecule has 15 heavy (non-hydrogen) atoms. The quantitative estimate of drug-likeness (QED) is 0.405. The Balaban J connectivity index is 0. The molecule has 0 N–H and O–H groups in total. The second-order valence-electron chi connectivity index (χ2n) is 2.85. The summed E-state index contributed by atoms with van der Waals surface area (Å²) in [6, 6.07) is 0. The summed E-state index contributed by atoms with van der Waals surface area (Å²) in [4.78, 5) is 21.3. The fourth-order valence-electron chi connectivity index (χ4n) is 0.936. The Morgan fingerprint density at radius 1 is 0.867 bits per heavy atom. The summed E-state index contributed by atoms with van der Waals surface area (Å²) in [6.07, 6.45) is -0.0420. The standard InChI is InChI=1S/C9H22NO4.ClH/c1-6-11-10(12-7-2,13-8-3)14-9(4)5;/h9H,6-8H2,1-5H3;1H/q+1;/p-1. The molecule has 94 valence electrons. The van der Waals surface area contributed by atoms with Crippen LogP contribution in [0.2, 0.25) is 0 Å². The van der Waals surface area contributed by atoms with E-state index in [1.165, 1.54) is 0 Å². The van der Waals surface area contributed by atoms with Crippen LogP contribution in [0.15, 0.2) is 0 Å². The summed E-state index contributed by atoms with van der Waals surface area (Å²) in [7, 11) is 0. The first kappa shape index (κ1) is 17.5. The lowest BCUT2D eigenvalue weighted by molar-refractivity contribution is -1.47. The van der Waals surface area contributed by atoms with Gasteiger partial charge in [-0.2, -0.15) is 0 Å². The van der Waals surface area contributed by atoms with Crippen molar-refractivity contribution in [3.8, 4) is 0 Å². The highest BCUT2D eigenvalue weighted by atomic mass is 35.5. The van der Waals surface area contributed by atoms with Crippen LogP contribution in [-0.2, 0) is 19.4 Å². The second kappa shape index (κ2) is 9.33. The Kier molecular flexibility index (Phi) is 10.9. The summed E-state index contributed by atoms with van der Waals surface area (Å²) in [5.41, 5.74) is 0. The average Bonchev–Trinajstić information content (AvgIpc) is 2.03. The Morgan fingerprint density at radius 3 is 1.40 bits per heavy atom. The highest BCUT2D eigenvalue weighted by Gasteiger charge is 2.38. The van der Waals surface area contributed by atoms with Crippen LogP contribution in [0.3, 0.4) is 0 Å². The largest absolute Gasteiger partial charge is 1.00 e. The Labute approximate surface area is 98.1 Å². The molecule has 0 bridgehead atoms. The minimum absolute atomic E-state index is 0. The van der Waals surface area contributed by atoms with Gasteiger partial charge in [-0.15, -0.1) is 0 Å². The third-order valence-corrected chi connectivity index (χ3v) is 1.20. The predicted octanol–water partition coefficient (Wildman–Crippen LogP) is -0.998. The van der Waals surface area contributed by atoms with Crippen LogP contribution < -0.4 is 12.4 Å². The molecule has 5 nitrogen and oxygen atoms in total. The van der Waals surface area contributed by atoms with Crippen molar-refractivity contribution in [2.24, 2.45) is 0 Å². The van der Waals surface area contributed by atoms with Crippen LogP contribution in [0.4, 0.5) is 0 Å². The third-order valence-electron chi connectivity index (χ3n) is 1.20. The zero-order valence-electron chi connectivity index (χ0n) is 10.2. The van der Waals surface area contributed by atoms with E-state index in [1.54, 1.807) is 0 Å². The molecule has 0 fully saturated rings. The lowest BCUT2D eigenvalue weighted by Gasteiger charge is -2.25. The van der Waals surface area contributed by atoms with Crippen molar-refractivity contribution < 1.29 is 36.9 Å². The Morgan fingerprint density at radius 2 is 1.20 bits per heavy atom. The number of nitrogens with zero attached hydrogens (tertiary/aromatic N) is 1. The van der Waals surface area contributed by atoms with E-state index in [-0.39, 0.29) is 18.5 Å². The molecule has 0 aromatic rings. The number of quaternary nitrogens is 1. The van der Waals surface area contributed by atoms with E-state index in [2.05, 4.69) is 0 Å². The third kappa shape index (κ3) is 7.05. The van der Waals surface area contributed by atoms with Crippen molar-refractivity contribution in [3.63, 3.8) is 0 Å². The molecule has 0 amide bonds. The van der Waals surface area contributed by atoms with E-state index < -0.39 is 5.14 Å². The number of rotatable bonds is 8. The van der Waals surface area contributed by atoms with Crippen molar-refractivity contribution in [2.75, 3.05) is 19.8 Å².